The van der Waals surface area contributed by atoms with E-state index >= 15 is 0 Å². The normalized spacial score (nSPS) is 21.9. The Bertz CT molecular complexity index is 1380. The fourth-order valence-corrected chi connectivity index (χ4v) is 4.68. The minimum Gasteiger partial charge on any atom is -0.497 e. The molecule has 1 heterocycles. The number of ether oxygens (including phenoxy) is 3. The first-order valence-corrected chi connectivity index (χ1v) is 15.5. The summed E-state index contributed by atoms with van der Waals surface area (Å²) in [4.78, 5) is 66.2. The standard InChI is InChI=1S/C33H45N5O9/c1-19(2)28-32(43)35-20(3)18-47-26-10-7-6-9-24(26)30(41)36-25(17-27(40)37-29(21(4)39)33(44)38-28)31(42)34-15-8-16-46-23-13-11-22(45-5)12-14-23/h6-7,9-14,19-21,25,28-29,39H,8,15-18H2,1-5H3,(H,34,42)(H,35,43)(H,36,41)(H,37,40)(H,38,44)/t20-,21+,25-,28+,29-/m0/s1. The zero-order chi connectivity index (χ0) is 34.5. The maximum absolute atomic E-state index is 13.4. The summed E-state index contributed by atoms with van der Waals surface area (Å²) >= 11 is 0. The van der Waals surface area contributed by atoms with Crippen molar-refractivity contribution >= 4 is 29.5 Å². The topological polar surface area (TPSA) is 193 Å². The van der Waals surface area contributed by atoms with E-state index in [1.807, 2.05) is 0 Å². The fraction of sp³-hybridized carbons (Fsp3) is 0.485. The SMILES string of the molecule is COc1ccc(OCCCNC(=O)[C@@H]2CC(=O)N[C@@H]([C@@H](C)O)C(=O)N[C@H](C(C)C)C(=O)N[C@@H](C)COc3ccccc3C(=O)N2)cc1. The van der Waals surface area contributed by atoms with E-state index in [9.17, 15) is 29.1 Å². The van der Waals surface area contributed by atoms with Crippen LogP contribution in [0.5, 0.6) is 17.2 Å². The lowest BCUT2D eigenvalue weighted by Crippen LogP contribution is -2.59. The number of methoxy groups -OCH3 is 1. The Labute approximate surface area is 274 Å². The molecule has 1 aliphatic heterocycles. The van der Waals surface area contributed by atoms with E-state index in [4.69, 9.17) is 14.2 Å². The number of fused-ring (bicyclic) bond motifs is 1. The van der Waals surface area contributed by atoms with Crippen LogP contribution in [0.15, 0.2) is 48.5 Å². The largest absolute Gasteiger partial charge is 0.497 e. The van der Waals surface area contributed by atoms with Crippen molar-refractivity contribution in [2.24, 2.45) is 5.92 Å². The van der Waals surface area contributed by atoms with Gasteiger partial charge >= 0.3 is 0 Å². The van der Waals surface area contributed by atoms with Gasteiger partial charge in [0.25, 0.3) is 5.91 Å². The quantitative estimate of drug-likeness (QED) is 0.211. The summed E-state index contributed by atoms with van der Waals surface area (Å²) in [5, 5.41) is 23.5. The van der Waals surface area contributed by atoms with Gasteiger partial charge in [-0.25, -0.2) is 0 Å². The maximum Gasteiger partial charge on any atom is 0.255 e. The van der Waals surface area contributed by atoms with Crippen LogP contribution in [-0.4, -0.2) is 91.8 Å². The molecule has 14 heteroatoms. The zero-order valence-corrected chi connectivity index (χ0v) is 27.3. The molecule has 0 radical (unpaired) electrons. The Balaban J connectivity index is 1.79. The van der Waals surface area contributed by atoms with Crippen LogP contribution in [0.3, 0.4) is 0 Å². The molecule has 47 heavy (non-hydrogen) atoms. The molecule has 0 fully saturated rings. The molecule has 256 valence electrons. The number of para-hydroxylation sites is 1. The number of rotatable bonds is 9. The van der Waals surface area contributed by atoms with Crippen LogP contribution in [0.25, 0.3) is 0 Å². The lowest BCUT2D eigenvalue weighted by molar-refractivity contribution is -0.135. The Kier molecular flexibility index (Phi) is 13.8. The molecular formula is C33H45N5O9. The molecule has 0 saturated carbocycles. The van der Waals surface area contributed by atoms with Gasteiger partial charge in [-0.3, -0.25) is 24.0 Å². The van der Waals surface area contributed by atoms with Gasteiger partial charge < -0.3 is 45.9 Å². The average Bonchev–Trinajstić information content (AvgIpc) is 3.04. The summed E-state index contributed by atoms with van der Waals surface area (Å²) in [6.45, 7) is 6.96. The third-order valence-electron chi connectivity index (χ3n) is 7.30. The van der Waals surface area contributed by atoms with E-state index < -0.39 is 66.2 Å². The Morgan fingerprint density at radius 1 is 0.936 bits per heavy atom. The third kappa shape index (κ3) is 11.2. The van der Waals surface area contributed by atoms with Crippen molar-refractivity contribution in [1.82, 2.24) is 26.6 Å². The van der Waals surface area contributed by atoms with Crippen LogP contribution in [-0.2, 0) is 19.2 Å². The number of carbonyl (C=O) groups is 5. The predicted octanol–water partition coefficient (Wildman–Crippen LogP) is 0.673. The van der Waals surface area contributed by atoms with Crippen molar-refractivity contribution in [2.75, 3.05) is 26.9 Å². The first-order chi connectivity index (χ1) is 22.4. The van der Waals surface area contributed by atoms with Gasteiger partial charge in [-0.15, -0.1) is 0 Å². The van der Waals surface area contributed by atoms with Crippen LogP contribution < -0.4 is 40.8 Å². The number of hydrogen-bond acceptors (Lipinski definition) is 9. The predicted molar refractivity (Wildman–Crippen MR) is 172 cm³/mol. The monoisotopic (exact) mass is 655 g/mol. The Morgan fingerprint density at radius 2 is 1.60 bits per heavy atom. The van der Waals surface area contributed by atoms with Crippen LogP contribution >= 0.6 is 0 Å². The van der Waals surface area contributed by atoms with E-state index in [1.165, 1.54) is 13.0 Å². The van der Waals surface area contributed by atoms with E-state index in [1.54, 1.807) is 70.3 Å². The van der Waals surface area contributed by atoms with Crippen molar-refractivity contribution < 1.29 is 43.3 Å². The van der Waals surface area contributed by atoms with Gasteiger partial charge in [0.1, 0.15) is 42.0 Å². The minimum atomic E-state index is -1.44. The number of benzene rings is 2. The minimum absolute atomic E-state index is 0.00630. The van der Waals surface area contributed by atoms with E-state index in [0.717, 1.165) is 0 Å². The highest BCUT2D eigenvalue weighted by Crippen LogP contribution is 2.19. The first-order valence-electron chi connectivity index (χ1n) is 15.5. The van der Waals surface area contributed by atoms with Crippen molar-refractivity contribution in [3.8, 4) is 17.2 Å². The second-order valence-electron chi connectivity index (χ2n) is 11.6. The molecule has 0 saturated heterocycles. The summed E-state index contributed by atoms with van der Waals surface area (Å²) in [7, 11) is 1.57. The zero-order valence-electron chi connectivity index (χ0n) is 27.3. The lowest BCUT2D eigenvalue weighted by Gasteiger charge is -2.27. The second kappa shape index (κ2) is 17.7. The van der Waals surface area contributed by atoms with Crippen molar-refractivity contribution in [3.05, 3.63) is 54.1 Å². The molecule has 0 bridgehead atoms. The molecule has 2 aromatic carbocycles. The van der Waals surface area contributed by atoms with Gasteiger partial charge in [-0.05, 0) is 62.6 Å². The highest BCUT2D eigenvalue weighted by atomic mass is 16.5. The molecule has 0 unspecified atom stereocenters. The van der Waals surface area contributed by atoms with Crippen LogP contribution in [0, 0.1) is 5.92 Å². The number of nitrogens with one attached hydrogen (secondary N) is 5. The second-order valence-corrected chi connectivity index (χ2v) is 11.6. The van der Waals surface area contributed by atoms with Gasteiger partial charge in [-0.2, -0.15) is 0 Å². The van der Waals surface area contributed by atoms with Crippen molar-refractivity contribution in [1.29, 1.82) is 0 Å². The van der Waals surface area contributed by atoms with Crippen molar-refractivity contribution in [3.63, 3.8) is 0 Å². The van der Waals surface area contributed by atoms with E-state index in [0.29, 0.717) is 17.9 Å². The van der Waals surface area contributed by atoms with Gasteiger partial charge in [0.15, 0.2) is 0 Å². The lowest BCUT2D eigenvalue weighted by atomic mass is 10.0. The molecular weight excluding hydrogens is 610 g/mol. The summed E-state index contributed by atoms with van der Waals surface area (Å²) < 4.78 is 16.7. The third-order valence-corrected chi connectivity index (χ3v) is 7.30. The van der Waals surface area contributed by atoms with Gasteiger partial charge in [0.05, 0.1) is 37.8 Å². The molecule has 0 spiro atoms. The van der Waals surface area contributed by atoms with Gasteiger partial charge in [-0.1, -0.05) is 26.0 Å². The Morgan fingerprint density at radius 3 is 2.26 bits per heavy atom. The summed E-state index contributed by atoms with van der Waals surface area (Å²) in [6.07, 6.45) is -1.47. The van der Waals surface area contributed by atoms with E-state index in [-0.39, 0.29) is 37.0 Å². The Hall–Kier alpha value is -4.85. The first kappa shape index (κ1) is 36.6. The molecule has 5 atom stereocenters. The number of hydrogen-bond donors (Lipinski definition) is 6. The van der Waals surface area contributed by atoms with E-state index in [2.05, 4.69) is 26.6 Å². The molecule has 0 aromatic heterocycles. The average molecular weight is 656 g/mol. The number of aliphatic hydroxyl groups is 1. The van der Waals surface area contributed by atoms with Gasteiger partial charge in [0, 0.05) is 6.54 Å². The summed E-state index contributed by atoms with van der Waals surface area (Å²) in [5.41, 5.74) is 0.111. The molecule has 0 aliphatic carbocycles. The van der Waals surface area contributed by atoms with Crippen molar-refractivity contribution in [2.45, 2.75) is 70.8 Å². The molecule has 14 nitrogen and oxygen atoms in total. The van der Waals surface area contributed by atoms with Crippen LogP contribution in [0.2, 0.25) is 0 Å². The highest BCUT2D eigenvalue weighted by Gasteiger charge is 2.33. The smallest absolute Gasteiger partial charge is 0.255 e. The number of aliphatic hydroxyl groups excluding tert-OH is 1. The molecule has 3 rings (SSSR count). The number of carbonyl (C=O) groups excluding carboxylic acids is 5. The fourth-order valence-electron chi connectivity index (χ4n) is 4.68. The van der Waals surface area contributed by atoms with Gasteiger partial charge in [0.2, 0.25) is 23.6 Å². The molecule has 1 aliphatic rings. The molecule has 2 aromatic rings. The van der Waals surface area contributed by atoms with Crippen LogP contribution in [0.4, 0.5) is 0 Å². The van der Waals surface area contributed by atoms with Crippen LogP contribution in [0.1, 0.15) is 50.9 Å². The summed E-state index contributed by atoms with van der Waals surface area (Å²) in [5.74, 6) is -2.20. The number of amides is 5. The molecule has 5 amide bonds. The highest BCUT2D eigenvalue weighted by molar-refractivity contribution is 6.01. The maximum atomic E-state index is 13.4. The molecule has 6 N–H and O–H groups in total. The summed E-state index contributed by atoms with van der Waals surface area (Å²) in [6, 6.07) is 9.12.